The third kappa shape index (κ3) is 3.59. The second-order valence-corrected chi connectivity index (χ2v) is 4.77. The fraction of sp³-hybridized carbons (Fsp3) is 0.467. The number of piperidine rings is 1. The van der Waals surface area contributed by atoms with Gasteiger partial charge in [-0.15, -0.1) is 0 Å². The Hall–Kier alpha value is -1.30. The quantitative estimate of drug-likeness (QED) is 0.743. The Morgan fingerprint density at radius 2 is 2.12 bits per heavy atom. The predicted molar refractivity (Wildman–Crippen MR) is 71.6 cm³/mol. The van der Waals surface area contributed by atoms with Gasteiger partial charge in [0.2, 0.25) is 0 Å². The summed E-state index contributed by atoms with van der Waals surface area (Å²) in [5, 5.41) is 0. The molecule has 0 saturated carbocycles. The molecule has 2 N–H and O–H groups in total. The molecule has 1 fully saturated rings. The molecule has 1 aromatic carbocycles. The fourth-order valence-corrected chi connectivity index (χ4v) is 2.26. The fourth-order valence-electron chi connectivity index (χ4n) is 2.26. The highest BCUT2D eigenvalue weighted by atomic mass is 15.2. The van der Waals surface area contributed by atoms with Gasteiger partial charge < -0.3 is 5.73 Å². The van der Waals surface area contributed by atoms with E-state index in [0.29, 0.717) is 12.1 Å². The van der Waals surface area contributed by atoms with E-state index in [1.165, 1.54) is 0 Å². The van der Waals surface area contributed by atoms with Crippen LogP contribution in [0.2, 0.25) is 0 Å². The van der Waals surface area contributed by atoms with Crippen molar-refractivity contribution in [1.29, 1.82) is 0 Å². The second kappa shape index (κ2) is 5.86. The molecular formula is C15H20N2. The van der Waals surface area contributed by atoms with E-state index in [0.717, 1.165) is 31.5 Å². The van der Waals surface area contributed by atoms with Crippen molar-refractivity contribution >= 4 is 0 Å². The summed E-state index contributed by atoms with van der Waals surface area (Å²) in [7, 11) is 0. The average molecular weight is 228 g/mol. The van der Waals surface area contributed by atoms with E-state index in [1.54, 1.807) is 0 Å². The molecule has 1 aliphatic rings. The molecule has 2 rings (SSSR count). The van der Waals surface area contributed by atoms with Crippen LogP contribution in [0.25, 0.3) is 0 Å². The molecule has 0 aromatic heterocycles. The van der Waals surface area contributed by atoms with E-state index in [9.17, 15) is 0 Å². The minimum absolute atomic E-state index is 0.378. The van der Waals surface area contributed by atoms with Gasteiger partial charge in [-0.05, 0) is 31.9 Å². The van der Waals surface area contributed by atoms with Crippen molar-refractivity contribution in [3.8, 4) is 11.8 Å². The highest BCUT2D eigenvalue weighted by molar-refractivity contribution is 5.33. The maximum atomic E-state index is 5.94. The maximum absolute atomic E-state index is 5.94. The van der Waals surface area contributed by atoms with E-state index in [-0.39, 0.29) is 0 Å². The molecule has 0 amide bonds. The van der Waals surface area contributed by atoms with Crippen LogP contribution in [0.4, 0.5) is 0 Å². The van der Waals surface area contributed by atoms with E-state index in [4.69, 9.17) is 5.73 Å². The van der Waals surface area contributed by atoms with E-state index >= 15 is 0 Å². The number of likely N-dealkylation sites (tertiary alicyclic amines) is 1. The Morgan fingerprint density at radius 1 is 1.35 bits per heavy atom. The SMILES string of the molecule is CC1CC(N)CCN1CC#Cc1ccccc1. The molecule has 0 aliphatic carbocycles. The molecule has 0 spiro atoms. The Bertz CT molecular complexity index is 402. The molecule has 1 heterocycles. The van der Waals surface area contributed by atoms with Crippen molar-refractivity contribution in [3.05, 3.63) is 35.9 Å². The van der Waals surface area contributed by atoms with Gasteiger partial charge in [-0.1, -0.05) is 30.0 Å². The zero-order chi connectivity index (χ0) is 12.1. The van der Waals surface area contributed by atoms with Crippen LogP contribution in [0.3, 0.4) is 0 Å². The van der Waals surface area contributed by atoms with Crippen LogP contribution in [-0.2, 0) is 0 Å². The van der Waals surface area contributed by atoms with Crippen LogP contribution < -0.4 is 5.73 Å². The summed E-state index contributed by atoms with van der Waals surface area (Å²) in [5.41, 5.74) is 7.04. The van der Waals surface area contributed by atoms with Gasteiger partial charge in [-0.3, -0.25) is 4.90 Å². The number of hydrogen-bond donors (Lipinski definition) is 1. The van der Waals surface area contributed by atoms with E-state index < -0.39 is 0 Å². The molecule has 2 heteroatoms. The third-order valence-electron chi connectivity index (χ3n) is 3.34. The summed E-state index contributed by atoms with van der Waals surface area (Å²) < 4.78 is 0. The summed E-state index contributed by atoms with van der Waals surface area (Å²) in [4.78, 5) is 2.42. The molecule has 2 unspecified atom stereocenters. The molecular weight excluding hydrogens is 208 g/mol. The highest BCUT2D eigenvalue weighted by Gasteiger charge is 2.21. The van der Waals surface area contributed by atoms with E-state index in [2.05, 4.69) is 23.7 Å². The van der Waals surface area contributed by atoms with Gasteiger partial charge in [0, 0.05) is 24.2 Å². The Labute approximate surface area is 104 Å². The number of nitrogens with two attached hydrogens (primary N) is 1. The molecule has 1 saturated heterocycles. The topological polar surface area (TPSA) is 29.3 Å². The zero-order valence-corrected chi connectivity index (χ0v) is 10.4. The zero-order valence-electron chi connectivity index (χ0n) is 10.4. The molecule has 2 atom stereocenters. The Morgan fingerprint density at radius 3 is 2.82 bits per heavy atom. The molecule has 1 aliphatic heterocycles. The Balaban J connectivity index is 1.88. The first-order valence-electron chi connectivity index (χ1n) is 6.29. The van der Waals surface area contributed by atoms with Gasteiger partial charge in [0.25, 0.3) is 0 Å². The van der Waals surface area contributed by atoms with Crippen LogP contribution in [0.1, 0.15) is 25.3 Å². The first-order chi connectivity index (χ1) is 8.25. The number of nitrogens with zero attached hydrogens (tertiary/aromatic N) is 1. The van der Waals surface area contributed by atoms with Crippen LogP contribution in [0.15, 0.2) is 30.3 Å². The lowest BCUT2D eigenvalue weighted by molar-refractivity contribution is 0.167. The molecule has 90 valence electrons. The second-order valence-electron chi connectivity index (χ2n) is 4.77. The van der Waals surface area contributed by atoms with Gasteiger partial charge in [0.05, 0.1) is 6.54 Å². The summed E-state index contributed by atoms with van der Waals surface area (Å²) in [6.07, 6.45) is 2.18. The highest BCUT2D eigenvalue weighted by Crippen LogP contribution is 2.14. The molecule has 17 heavy (non-hydrogen) atoms. The van der Waals surface area contributed by atoms with Crippen LogP contribution in [-0.4, -0.2) is 30.1 Å². The number of rotatable bonds is 1. The minimum atomic E-state index is 0.378. The lowest BCUT2D eigenvalue weighted by atomic mass is 9.99. The summed E-state index contributed by atoms with van der Waals surface area (Å²) >= 11 is 0. The van der Waals surface area contributed by atoms with Crippen LogP contribution in [0, 0.1) is 11.8 Å². The lowest BCUT2D eigenvalue weighted by Gasteiger charge is -2.34. The largest absolute Gasteiger partial charge is 0.328 e. The Kier molecular flexibility index (Phi) is 4.19. The summed E-state index contributed by atoms with van der Waals surface area (Å²) in [6.45, 7) is 4.16. The first-order valence-corrected chi connectivity index (χ1v) is 6.29. The van der Waals surface area contributed by atoms with Crippen LogP contribution in [0.5, 0.6) is 0 Å². The van der Waals surface area contributed by atoms with Crippen molar-refractivity contribution < 1.29 is 0 Å². The monoisotopic (exact) mass is 228 g/mol. The normalized spacial score (nSPS) is 25.1. The summed E-state index contributed by atoms with van der Waals surface area (Å²) in [5.74, 6) is 6.45. The van der Waals surface area contributed by atoms with Crippen LogP contribution >= 0.6 is 0 Å². The smallest absolute Gasteiger partial charge is 0.0607 e. The van der Waals surface area contributed by atoms with Gasteiger partial charge in [0.15, 0.2) is 0 Å². The van der Waals surface area contributed by atoms with Crippen molar-refractivity contribution in [2.45, 2.75) is 31.8 Å². The average Bonchev–Trinajstić information content (AvgIpc) is 2.33. The van der Waals surface area contributed by atoms with Crippen molar-refractivity contribution in [2.75, 3.05) is 13.1 Å². The molecule has 0 radical (unpaired) electrons. The third-order valence-corrected chi connectivity index (χ3v) is 3.34. The standard InChI is InChI=1S/C15H20N2/c1-13-12-15(16)9-11-17(13)10-5-8-14-6-3-2-4-7-14/h2-4,6-7,13,15H,9-12,16H2,1H3. The summed E-state index contributed by atoms with van der Waals surface area (Å²) in [6, 6.07) is 11.1. The van der Waals surface area contributed by atoms with Gasteiger partial charge in [-0.25, -0.2) is 0 Å². The minimum Gasteiger partial charge on any atom is -0.328 e. The first kappa shape index (κ1) is 12.2. The van der Waals surface area contributed by atoms with Crippen molar-refractivity contribution in [2.24, 2.45) is 5.73 Å². The molecule has 0 bridgehead atoms. The van der Waals surface area contributed by atoms with Gasteiger partial charge in [-0.2, -0.15) is 0 Å². The van der Waals surface area contributed by atoms with Crippen molar-refractivity contribution in [3.63, 3.8) is 0 Å². The van der Waals surface area contributed by atoms with Crippen molar-refractivity contribution in [1.82, 2.24) is 4.90 Å². The maximum Gasteiger partial charge on any atom is 0.0607 e. The van der Waals surface area contributed by atoms with Gasteiger partial charge >= 0.3 is 0 Å². The van der Waals surface area contributed by atoms with E-state index in [1.807, 2.05) is 30.3 Å². The van der Waals surface area contributed by atoms with Gasteiger partial charge in [0.1, 0.15) is 0 Å². The molecule has 1 aromatic rings. The number of hydrogen-bond acceptors (Lipinski definition) is 2. The predicted octanol–water partition coefficient (Wildman–Crippen LogP) is 1.85. The molecule has 2 nitrogen and oxygen atoms in total. The number of benzene rings is 1. The lowest BCUT2D eigenvalue weighted by Crippen LogP contribution is -2.45.